The van der Waals surface area contributed by atoms with E-state index in [0.29, 0.717) is 27.5 Å². The molecule has 1 aliphatic heterocycles. The van der Waals surface area contributed by atoms with Gasteiger partial charge in [-0.3, -0.25) is 9.52 Å². The number of carbonyl (C=O) groups excluding carboxylic acids is 1. The van der Waals surface area contributed by atoms with Crippen LogP contribution in [0.1, 0.15) is 24.3 Å². The Labute approximate surface area is 159 Å². The third-order valence-electron chi connectivity index (χ3n) is 4.37. The van der Waals surface area contributed by atoms with Crippen LogP contribution in [0.4, 0.5) is 17.1 Å². The number of anilines is 3. The smallest absolute Gasteiger partial charge is 0.274 e. The van der Waals surface area contributed by atoms with Gasteiger partial charge in [-0.15, -0.1) is 0 Å². The van der Waals surface area contributed by atoms with Crippen molar-refractivity contribution in [3.63, 3.8) is 0 Å². The molecule has 9 heteroatoms. The molecule has 7 nitrogen and oxygen atoms in total. The lowest BCUT2D eigenvalue weighted by Crippen LogP contribution is -2.38. The standard InChI is InChI=1S/C17H16BrN3O4S/c18-12-7-13-14(20-17(23)16(22)19-13)8-15(12)26(24,25)21-11-5-3-10(4-6-11)9-1-2-9/h3-9,17,20-21,23H,1-2H2,(H,19,22). The number of sulfonamides is 1. The molecule has 0 spiro atoms. The molecule has 1 atom stereocenters. The summed E-state index contributed by atoms with van der Waals surface area (Å²) < 4.78 is 28.4. The molecule has 1 amide bonds. The van der Waals surface area contributed by atoms with Crippen LogP contribution < -0.4 is 15.4 Å². The maximum absolute atomic E-state index is 12.8. The SMILES string of the molecule is O=C1Nc2cc(Br)c(S(=O)(=O)Nc3ccc(C4CC4)cc3)cc2NC1O. The number of aliphatic hydroxyl groups excluding tert-OH is 1. The van der Waals surface area contributed by atoms with Crippen molar-refractivity contribution < 1.29 is 18.3 Å². The molecule has 1 aliphatic carbocycles. The average Bonchev–Trinajstić information content (AvgIpc) is 3.41. The van der Waals surface area contributed by atoms with Gasteiger partial charge in [-0.1, -0.05) is 12.1 Å². The van der Waals surface area contributed by atoms with E-state index < -0.39 is 22.2 Å². The predicted octanol–water partition coefficient (Wildman–Crippen LogP) is 2.81. The minimum Gasteiger partial charge on any atom is -0.366 e. The summed E-state index contributed by atoms with van der Waals surface area (Å²) in [6.45, 7) is 0. The van der Waals surface area contributed by atoms with Gasteiger partial charge in [0.05, 0.1) is 11.4 Å². The van der Waals surface area contributed by atoms with Crippen LogP contribution in [0.3, 0.4) is 0 Å². The van der Waals surface area contributed by atoms with E-state index in [1.165, 1.54) is 30.5 Å². The molecule has 4 N–H and O–H groups in total. The summed E-state index contributed by atoms with van der Waals surface area (Å²) in [6, 6.07) is 10.2. The molecule has 2 aliphatic rings. The number of hydrogen-bond acceptors (Lipinski definition) is 5. The number of rotatable bonds is 4. The van der Waals surface area contributed by atoms with Crippen LogP contribution in [0.2, 0.25) is 0 Å². The Morgan fingerprint density at radius 2 is 1.81 bits per heavy atom. The van der Waals surface area contributed by atoms with E-state index in [-0.39, 0.29) is 4.90 Å². The Morgan fingerprint density at radius 3 is 2.46 bits per heavy atom. The van der Waals surface area contributed by atoms with Crippen molar-refractivity contribution in [3.05, 3.63) is 46.4 Å². The molecule has 0 bridgehead atoms. The van der Waals surface area contributed by atoms with E-state index in [9.17, 15) is 18.3 Å². The second-order valence-electron chi connectivity index (χ2n) is 6.37. The van der Waals surface area contributed by atoms with Crippen molar-refractivity contribution in [2.75, 3.05) is 15.4 Å². The lowest BCUT2D eigenvalue weighted by molar-refractivity contribution is -0.122. The zero-order valence-corrected chi connectivity index (χ0v) is 15.9. The van der Waals surface area contributed by atoms with Gasteiger partial charge in [0.25, 0.3) is 15.9 Å². The molecule has 0 radical (unpaired) electrons. The highest BCUT2D eigenvalue weighted by molar-refractivity contribution is 9.10. The number of aliphatic hydroxyl groups is 1. The molecule has 26 heavy (non-hydrogen) atoms. The third kappa shape index (κ3) is 3.29. The Bertz CT molecular complexity index is 988. The first-order valence-corrected chi connectivity index (χ1v) is 10.3. The average molecular weight is 438 g/mol. The van der Waals surface area contributed by atoms with Gasteiger partial charge in [-0.25, -0.2) is 8.42 Å². The number of fused-ring (bicyclic) bond motifs is 1. The van der Waals surface area contributed by atoms with E-state index >= 15 is 0 Å². The summed E-state index contributed by atoms with van der Waals surface area (Å²) in [5.74, 6) is -0.00274. The van der Waals surface area contributed by atoms with Gasteiger partial charge < -0.3 is 15.7 Å². The predicted molar refractivity (Wildman–Crippen MR) is 102 cm³/mol. The summed E-state index contributed by atoms with van der Waals surface area (Å²) in [4.78, 5) is 11.5. The van der Waals surface area contributed by atoms with Crippen LogP contribution in [0, 0.1) is 0 Å². The van der Waals surface area contributed by atoms with Crippen LogP contribution in [0.15, 0.2) is 45.8 Å². The topological polar surface area (TPSA) is 108 Å². The van der Waals surface area contributed by atoms with Crippen LogP contribution in [-0.4, -0.2) is 25.7 Å². The zero-order chi connectivity index (χ0) is 18.5. The van der Waals surface area contributed by atoms with Crippen molar-refractivity contribution in [1.29, 1.82) is 0 Å². The van der Waals surface area contributed by atoms with Crippen molar-refractivity contribution in [2.24, 2.45) is 0 Å². The maximum atomic E-state index is 12.8. The van der Waals surface area contributed by atoms with Gasteiger partial charge in [-0.2, -0.15) is 0 Å². The van der Waals surface area contributed by atoms with Crippen LogP contribution >= 0.6 is 15.9 Å². The van der Waals surface area contributed by atoms with Crippen molar-refractivity contribution in [3.8, 4) is 0 Å². The molecule has 0 saturated heterocycles. The van der Waals surface area contributed by atoms with Gasteiger partial charge in [0, 0.05) is 10.2 Å². The van der Waals surface area contributed by atoms with Crippen LogP contribution in [-0.2, 0) is 14.8 Å². The van der Waals surface area contributed by atoms with Crippen molar-refractivity contribution in [2.45, 2.75) is 29.9 Å². The summed E-state index contributed by atoms with van der Waals surface area (Å²) in [6.07, 6.45) is 0.938. The molecule has 1 unspecified atom stereocenters. The molecule has 4 rings (SSSR count). The molecule has 0 aromatic heterocycles. The maximum Gasteiger partial charge on any atom is 0.274 e. The number of hydrogen-bond donors (Lipinski definition) is 4. The highest BCUT2D eigenvalue weighted by Crippen LogP contribution is 2.40. The summed E-state index contributed by atoms with van der Waals surface area (Å²) in [5, 5.41) is 14.7. The number of amides is 1. The monoisotopic (exact) mass is 437 g/mol. The van der Waals surface area contributed by atoms with E-state index in [0.717, 1.165) is 0 Å². The van der Waals surface area contributed by atoms with E-state index in [2.05, 4.69) is 31.3 Å². The second-order valence-corrected chi connectivity index (χ2v) is 8.87. The van der Waals surface area contributed by atoms with E-state index in [1.807, 2.05) is 12.1 Å². The molecule has 2 aromatic rings. The molecule has 1 saturated carbocycles. The lowest BCUT2D eigenvalue weighted by Gasteiger charge is -2.24. The Balaban J connectivity index is 1.63. The molecule has 136 valence electrons. The molecular weight excluding hydrogens is 422 g/mol. The van der Waals surface area contributed by atoms with Crippen LogP contribution in [0.25, 0.3) is 0 Å². The Kier molecular flexibility index (Phi) is 4.17. The van der Waals surface area contributed by atoms with Gasteiger partial charge in [0.1, 0.15) is 4.90 Å². The highest BCUT2D eigenvalue weighted by atomic mass is 79.9. The molecule has 1 fully saturated rings. The fraction of sp³-hybridized carbons (Fsp3) is 0.235. The van der Waals surface area contributed by atoms with E-state index in [4.69, 9.17) is 0 Å². The fourth-order valence-corrected chi connectivity index (χ4v) is 4.97. The minimum absolute atomic E-state index is 0.00151. The first kappa shape index (κ1) is 17.3. The quantitative estimate of drug-likeness (QED) is 0.588. The van der Waals surface area contributed by atoms with Gasteiger partial charge >= 0.3 is 0 Å². The number of nitrogens with one attached hydrogen (secondary N) is 3. The van der Waals surface area contributed by atoms with Crippen LogP contribution in [0.5, 0.6) is 0 Å². The van der Waals surface area contributed by atoms with Crippen molar-refractivity contribution >= 4 is 48.9 Å². The molecule has 1 heterocycles. The zero-order valence-electron chi connectivity index (χ0n) is 13.5. The van der Waals surface area contributed by atoms with Gasteiger partial charge in [-0.05, 0) is 64.5 Å². The fourth-order valence-electron chi connectivity index (χ4n) is 2.85. The third-order valence-corrected chi connectivity index (χ3v) is 6.71. The van der Waals surface area contributed by atoms with Crippen molar-refractivity contribution in [1.82, 2.24) is 0 Å². The first-order chi connectivity index (χ1) is 12.3. The number of carbonyl (C=O) groups is 1. The van der Waals surface area contributed by atoms with Gasteiger partial charge in [0.2, 0.25) is 6.23 Å². The summed E-state index contributed by atoms with van der Waals surface area (Å²) in [7, 11) is -3.86. The second kappa shape index (κ2) is 6.26. The summed E-state index contributed by atoms with van der Waals surface area (Å²) in [5.41, 5.74) is 2.40. The Morgan fingerprint density at radius 1 is 1.12 bits per heavy atom. The van der Waals surface area contributed by atoms with Gasteiger partial charge in [0.15, 0.2) is 0 Å². The molecule has 2 aromatic carbocycles. The molecular formula is C17H16BrN3O4S. The number of benzene rings is 2. The first-order valence-electron chi connectivity index (χ1n) is 8.05. The minimum atomic E-state index is -3.86. The lowest BCUT2D eigenvalue weighted by atomic mass is 10.1. The van der Waals surface area contributed by atoms with E-state index in [1.54, 1.807) is 12.1 Å². The highest BCUT2D eigenvalue weighted by Gasteiger charge is 2.27. The Hall–Kier alpha value is -2.10. The summed E-state index contributed by atoms with van der Waals surface area (Å²) >= 11 is 3.24. The normalized spacial score (nSPS) is 19.3. The number of halogens is 1. The largest absolute Gasteiger partial charge is 0.366 e.